The average Bonchev–Trinajstić information content (AvgIpc) is 3.30. The SMILES string of the molecule is CCOc1ccc(-n2c(COc3ccc(Cl)cc3)nnc2SCC(=O)Nc2cccc(C(F)(F)F)c2)cc1. The Morgan fingerprint density at radius 2 is 1.68 bits per heavy atom. The summed E-state index contributed by atoms with van der Waals surface area (Å²) in [4.78, 5) is 12.5. The van der Waals surface area contributed by atoms with Gasteiger partial charge in [-0.15, -0.1) is 10.2 Å². The first-order valence-electron chi connectivity index (χ1n) is 11.4. The van der Waals surface area contributed by atoms with Crippen LogP contribution in [0.15, 0.2) is 78.0 Å². The lowest BCUT2D eigenvalue weighted by Crippen LogP contribution is -2.15. The molecule has 0 spiro atoms. The number of hydrogen-bond donors (Lipinski definition) is 1. The van der Waals surface area contributed by atoms with Gasteiger partial charge in [-0.05, 0) is 73.7 Å². The molecule has 0 aliphatic carbocycles. The van der Waals surface area contributed by atoms with E-state index < -0.39 is 17.6 Å². The molecule has 0 bridgehead atoms. The number of thioether (sulfide) groups is 1. The molecule has 0 unspecified atom stereocenters. The third-order valence-electron chi connectivity index (χ3n) is 5.09. The Morgan fingerprint density at radius 1 is 1.00 bits per heavy atom. The molecule has 0 radical (unpaired) electrons. The topological polar surface area (TPSA) is 78.3 Å². The Bertz CT molecular complexity index is 1380. The summed E-state index contributed by atoms with van der Waals surface area (Å²) < 4.78 is 52.0. The largest absolute Gasteiger partial charge is 0.494 e. The minimum Gasteiger partial charge on any atom is -0.494 e. The fourth-order valence-corrected chi connectivity index (χ4v) is 4.28. The van der Waals surface area contributed by atoms with E-state index in [0.717, 1.165) is 23.9 Å². The van der Waals surface area contributed by atoms with Crippen molar-refractivity contribution < 1.29 is 27.4 Å². The summed E-state index contributed by atoms with van der Waals surface area (Å²) in [5, 5.41) is 11.9. The van der Waals surface area contributed by atoms with Gasteiger partial charge in [0.1, 0.15) is 18.1 Å². The molecule has 4 aromatic rings. The first kappa shape index (κ1) is 27.3. The normalized spacial score (nSPS) is 11.3. The number of halogens is 4. The van der Waals surface area contributed by atoms with Crippen LogP contribution in [-0.2, 0) is 17.6 Å². The molecule has 1 N–H and O–H groups in total. The second kappa shape index (κ2) is 12.2. The lowest BCUT2D eigenvalue weighted by molar-refractivity contribution is -0.137. The molecule has 0 saturated heterocycles. The van der Waals surface area contributed by atoms with Crippen LogP contribution in [0.25, 0.3) is 5.69 Å². The highest BCUT2D eigenvalue weighted by Crippen LogP contribution is 2.31. The zero-order valence-corrected chi connectivity index (χ0v) is 21.6. The summed E-state index contributed by atoms with van der Waals surface area (Å²) in [6.45, 7) is 2.49. The summed E-state index contributed by atoms with van der Waals surface area (Å²) >= 11 is 7.02. The van der Waals surface area contributed by atoms with Gasteiger partial charge in [-0.1, -0.05) is 29.4 Å². The summed E-state index contributed by atoms with van der Waals surface area (Å²) in [7, 11) is 0. The highest BCUT2D eigenvalue weighted by atomic mass is 35.5. The van der Waals surface area contributed by atoms with Crippen molar-refractivity contribution in [3.8, 4) is 17.2 Å². The number of anilines is 1. The number of nitrogens with zero attached hydrogens (tertiary/aromatic N) is 3. The number of amides is 1. The van der Waals surface area contributed by atoms with E-state index in [9.17, 15) is 18.0 Å². The molecule has 7 nitrogen and oxygen atoms in total. The van der Waals surface area contributed by atoms with Gasteiger partial charge in [-0.3, -0.25) is 9.36 Å². The molecule has 1 aromatic heterocycles. The van der Waals surface area contributed by atoms with Crippen molar-refractivity contribution in [3.63, 3.8) is 0 Å². The van der Waals surface area contributed by atoms with E-state index >= 15 is 0 Å². The van der Waals surface area contributed by atoms with Crippen LogP contribution in [0.1, 0.15) is 18.3 Å². The Labute approximate surface area is 225 Å². The van der Waals surface area contributed by atoms with Gasteiger partial charge in [0.15, 0.2) is 11.0 Å². The standard InChI is InChI=1S/C26H22ClF3N4O3S/c1-2-36-21-12-8-20(9-13-21)34-23(15-37-22-10-6-18(27)7-11-22)32-33-25(34)38-16-24(35)31-19-5-3-4-17(14-19)26(28,29)30/h3-14H,2,15-16H2,1H3,(H,31,35). The predicted molar refractivity (Wildman–Crippen MR) is 139 cm³/mol. The number of aromatic nitrogens is 3. The van der Waals surface area contributed by atoms with E-state index in [0.29, 0.717) is 39.8 Å². The molecule has 38 heavy (non-hydrogen) atoms. The smallest absolute Gasteiger partial charge is 0.416 e. The molecule has 0 aliphatic rings. The number of carbonyl (C=O) groups excluding carboxylic acids is 1. The van der Waals surface area contributed by atoms with Gasteiger partial charge >= 0.3 is 6.18 Å². The molecule has 4 rings (SSSR count). The zero-order chi connectivity index (χ0) is 27.1. The fraction of sp³-hybridized carbons (Fsp3) is 0.192. The van der Waals surface area contributed by atoms with Gasteiger partial charge in [-0.25, -0.2) is 0 Å². The third kappa shape index (κ3) is 7.20. The van der Waals surface area contributed by atoms with Gasteiger partial charge in [0, 0.05) is 16.4 Å². The number of rotatable bonds is 10. The van der Waals surface area contributed by atoms with Gasteiger partial charge in [0.2, 0.25) is 5.91 Å². The molecular formula is C26H22ClF3N4O3S. The monoisotopic (exact) mass is 562 g/mol. The van der Waals surface area contributed by atoms with Crippen molar-refractivity contribution >= 4 is 35.0 Å². The van der Waals surface area contributed by atoms with E-state index in [4.69, 9.17) is 21.1 Å². The van der Waals surface area contributed by atoms with Gasteiger partial charge in [-0.2, -0.15) is 13.2 Å². The van der Waals surface area contributed by atoms with Crippen molar-refractivity contribution in [2.75, 3.05) is 17.7 Å². The Hall–Kier alpha value is -3.70. The van der Waals surface area contributed by atoms with Crippen molar-refractivity contribution in [2.45, 2.75) is 24.9 Å². The average molecular weight is 563 g/mol. The van der Waals surface area contributed by atoms with Crippen molar-refractivity contribution in [1.29, 1.82) is 0 Å². The van der Waals surface area contributed by atoms with E-state index in [-0.39, 0.29) is 18.0 Å². The maximum Gasteiger partial charge on any atom is 0.416 e. The molecular weight excluding hydrogens is 541 g/mol. The summed E-state index contributed by atoms with van der Waals surface area (Å²) in [6.07, 6.45) is -4.51. The lowest BCUT2D eigenvalue weighted by atomic mass is 10.2. The van der Waals surface area contributed by atoms with E-state index in [1.54, 1.807) is 41.0 Å². The van der Waals surface area contributed by atoms with Gasteiger partial charge in [0.05, 0.1) is 17.9 Å². The van der Waals surface area contributed by atoms with Crippen LogP contribution in [0, 0.1) is 0 Å². The van der Waals surface area contributed by atoms with Crippen LogP contribution < -0.4 is 14.8 Å². The number of carbonyl (C=O) groups is 1. The van der Waals surface area contributed by atoms with Crippen LogP contribution in [-0.4, -0.2) is 33.0 Å². The van der Waals surface area contributed by atoms with Crippen molar-refractivity contribution in [1.82, 2.24) is 14.8 Å². The Morgan fingerprint density at radius 3 is 2.37 bits per heavy atom. The lowest BCUT2D eigenvalue weighted by Gasteiger charge is -2.12. The first-order valence-corrected chi connectivity index (χ1v) is 12.7. The number of ether oxygens (including phenoxy) is 2. The Kier molecular flexibility index (Phi) is 8.80. The molecule has 0 aliphatic heterocycles. The fourth-order valence-electron chi connectivity index (χ4n) is 3.38. The molecule has 0 fully saturated rings. The van der Waals surface area contributed by atoms with E-state index in [1.807, 2.05) is 19.1 Å². The van der Waals surface area contributed by atoms with E-state index in [2.05, 4.69) is 15.5 Å². The zero-order valence-electron chi connectivity index (χ0n) is 20.0. The predicted octanol–water partition coefficient (Wildman–Crippen LogP) is 6.65. The number of nitrogens with one attached hydrogen (secondary N) is 1. The summed E-state index contributed by atoms with van der Waals surface area (Å²) in [5.74, 6) is 1.16. The molecule has 3 aromatic carbocycles. The number of benzene rings is 3. The second-order valence-corrected chi connectivity index (χ2v) is 9.20. The number of alkyl halides is 3. The van der Waals surface area contributed by atoms with Crippen LogP contribution in [0.2, 0.25) is 5.02 Å². The maximum absolute atomic E-state index is 13.0. The van der Waals surface area contributed by atoms with Crippen LogP contribution in [0.5, 0.6) is 11.5 Å². The molecule has 1 heterocycles. The maximum atomic E-state index is 13.0. The highest BCUT2D eigenvalue weighted by molar-refractivity contribution is 7.99. The van der Waals surface area contributed by atoms with Crippen LogP contribution >= 0.6 is 23.4 Å². The minimum absolute atomic E-state index is 0.0514. The van der Waals surface area contributed by atoms with Crippen LogP contribution in [0.3, 0.4) is 0 Å². The minimum atomic E-state index is -4.51. The van der Waals surface area contributed by atoms with E-state index in [1.165, 1.54) is 12.1 Å². The second-order valence-electron chi connectivity index (χ2n) is 7.82. The van der Waals surface area contributed by atoms with Crippen molar-refractivity contribution in [2.24, 2.45) is 0 Å². The first-order chi connectivity index (χ1) is 18.2. The van der Waals surface area contributed by atoms with Gasteiger partial charge in [0.25, 0.3) is 0 Å². The third-order valence-corrected chi connectivity index (χ3v) is 6.27. The van der Waals surface area contributed by atoms with Crippen molar-refractivity contribution in [3.05, 3.63) is 89.2 Å². The molecule has 12 heteroatoms. The Balaban J connectivity index is 1.51. The quantitative estimate of drug-likeness (QED) is 0.218. The molecule has 0 atom stereocenters. The molecule has 198 valence electrons. The molecule has 1 amide bonds. The van der Waals surface area contributed by atoms with Crippen LogP contribution in [0.4, 0.5) is 18.9 Å². The summed E-state index contributed by atoms with van der Waals surface area (Å²) in [6, 6.07) is 18.6. The van der Waals surface area contributed by atoms with Gasteiger partial charge < -0.3 is 14.8 Å². The number of hydrogen-bond acceptors (Lipinski definition) is 6. The highest BCUT2D eigenvalue weighted by Gasteiger charge is 2.30. The summed E-state index contributed by atoms with van der Waals surface area (Å²) in [5.41, 5.74) is -0.0760. The molecule has 0 saturated carbocycles.